The van der Waals surface area contributed by atoms with Crippen LogP contribution in [0.25, 0.3) is 11.2 Å². The third-order valence-electron chi connectivity index (χ3n) is 5.86. The standard InChI is InChI=1S/C25H23F3N8O2/c1-16-3-2-4-17(11-16)13-31-34-22-21-23(33-24(32-22)35-7-9-38-10-8-35)36(15-30-21)14-20(37)19-12-18(5-6-29-19)25(26,27)28/h2-6,11-13,15H,7-10,14H2,1H3,(H,32,33,34)/b31-13+. The SMILES string of the molecule is Cc1cccc(/C=N/Nc2nc(N3CCOCC3)nc3c2ncn3CC(=O)c2cc(C(F)(F)F)ccn2)c1. The molecular formula is C25H23F3N8O2. The largest absolute Gasteiger partial charge is 0.416 e. The van der Waals surface area contributed by atoms with Crippen molar-refractivity contribution in [1.82, 2.24) is 24.5 Å². The molecule has 13 heteroatoms. The predicted octanol–water partition coefficient (Wildman–Crippen LogP) is 3.71. The van der Waals surface area contributed by atoms with Crippen molar-refractivity contribution in [3.05, 3.63) is 71.3 Å². The van der Waals surface area contributed by atoms with Gasteiger partial charge in [-0.3, -0.25) is 15.2 Å². The lowest BCUT2D eigenvalue weighted by molar-refractivity contribution is -0.137. The second kappa shape index (κ2) is 10.5. The molecule has 0 saturated carbocycles. The zero-order chi connectivity index (χ0) is 26.7. The molecule has 0 radical (unpaired) electrons. The molecule has 1 aliphatic heterocycles. The van der Waals surface area contributed by atoms with E-state index in [1.807, 2.05) is 36.1 Å². The Morgan fingerprint density at radius 1 is 1.16 bits per heavy atom. The zero-order valence-corrected chi connectivity index (χ0v) is 20.3. The van der Waals surface area contributed by atoms with Crippen LogP contribution >= 0.6 is 0 Å². The van der Waals surface area contributed by atoms with Gasteiger partial charge in [-0.15, -0.1) is 0 Å². The Labute approximate surface area is 215 Å². The molecule has 0 aliphatic carbocycles. The van der Waals surface area contributed by atoms with Crippen molar-refractivity contribution in [2.75, 3.05) is 36.6 Å². The van der Waals surface area contributed by atoms with Gasteiger partial charge in [0.15, 0.2) is 17.0 Å². The number of imidazole rings is 1. The molecule has 5 rings (SSSR count). The number of ketones is 1. The average Bonchev–Trinajstić information content (AvgIpc) is 3.31. The molecule has 0 bridgehead atoms. The Kier molecular flexibility index (Phi) is 7.01. The number of carbonyl (C=O) groups is 1. The first-order valence-electron chi connectivity index (χ1n) is 11.8. The van der Waals surface area contributed by atoms with Crippen LogP contribution in [0.3, 0.4) is 0 Å². The lowest BCUT2D eigenvalue weighted by Crippen LogP contribution is -2.37. The molecule has 1 aliphatic rings. The number of alkyl halides is 3. The minimum absolute atomic E-state index is 0.301. The van der Waals surface area contributed by atoms with Gasteiger partial charge in [0, 0.05) is 19.3 Å². The number of aryl methyl sites for hydroxylation is 1. The van der Waals surface area contributed by atoms with Crippen molar-refractivity contribution in [3.8, 4) is 0 Å². The third-order valence-corrected chi connectivity index (χ3v) is 5.86. The number of morpholine rings is 1. The summed E-state index contributed by atoms with van der Waals surface area (Å²) < 4.78 is 46.2. The first-order valence-corrected chi connectivity index (χ1v) is 11.8. The van der Waals surface area contributed by atoms with E-state index in [0.717, 1.165) is 29.5 Å². The molecule has 1 aromatic carbocycles. The number of nitrogens with one attached hydrogen (secondary N) is 1. The quantitative estimate of drug-likeness (QED) is 0.221. The lowest BCUT2D eigenvalue weighted by Gasteiger charge is -2.27. The molecule has 0 atom stereocenters. The van der Waals surface area contributed by atoms with Crippen molar-refractivity contribution >= 4 is 34.9 Å². The second-order valence-electron chi connectivity index (χ2n) is 8.65. The summed E-state index contributed by atoms with van der Waals surface area (Å²) >= 11 is 0. The number of hydrazone groups is 1. The first kappa shape index (κ1) is 25.3. The Hall–Kier alpha value is -4.39. The van der Waals surface area contributed by atoms with E-state index in [1.54, 1.807) is 6.21 Å². The molecular weight excluding hydrogens is 501 g/mol. The summed E-state index contributed by atoms with van der Waals surface area (Å²) in [4.78, 5) is 32.2. The van der Waals surface area contributed by atoms with Crippen molar-refractivity contribution in [3.63, 3.8) is 0 Å². The molecule has 0 unspecified atom stereocenters. The van der Waals surface area contributed by atoms with Gasteiger partial charge in [0.05, 0.1) is 37.9 Å². The van der Waals surface area contributed by atoms with Crippen LogP contribution in [0.5, 0.6) is 0 Å². The number of benzene rings is 1. The molecule has 4 aromatic rings. The molecule has 1 fully saturated rings. The van der Waals surface area contributed by atoms with Gasteiger partial charge in [0.1, 0.15) is 5.69 Å². The van der Waals surface area contributed by atoms with Crippen LogP contribution in [-0.2, 0) is 17.5 Å². The van der Waals surface area contributed by atoms with Gasteiger partial charge in [0.2, 0.25) is 11.7 Å². The number of Topliss-reactive ketones (excluding diaryl/α,β-unsaturated/α-hetero) is 1. The number of aromatic nitrogens is 5. The topological polar surface area (TPSA) is 110 Å². The fourth-order valence-electron chi connectivity index (χ4n) is 3.94. The van der Waals surface area contributed by atoms with Crippen molar-refractivity contribution < 1.29 is 22.7 Å². The number of hydrogen-bond acceptors (Lipinski definition) is 9. The summed E-state index contributed by atoms with van der Waals surface area (Å²) in [5.41, 5.74) is 4.34. The number of pyridine rings is 1. The molecule has 1 saturated heterocycles. The van der Waals surface area contributed by atoms with E-state index < -0.39 is 17.5 Å². The number of anilines is 2. The van der Waals surface area contributed by atoms with Crippen molar-refractivity contribution in [1.29, 1.82) is 0 Å². The van der Waals surface area contributed by atoms with Crippen LogP contribution in [0.2, 0.25) is 0 Å². The Morgan fingerprint density at radius 2 is 1.97 bits per heavy atom. The maximum atomic E-state index is 13.1. The molecule has 4 heterocycles. The summed E-state index contributed by atoms with van der Waals surface area (Å²) in [5.74, 6) is 0.0955. The highest BCUT2D eigenvalue weighted by Crippen LogP contribution is 2.29. The van der Waals surface area contributed by atoms with E-state index in [0.29, 0.717) is 49.2 Å². The van der Waals surface area contributed by atoms with Crippen molar-refractivity contribution in [2.24, 2.45) is 5.10 Å². The number of fused-ring (bicyclic) bond motifs is 1. The molecule has 38 heavy (non-hydrogen) atoms. The lowest BCUT2D eigenvalue weighted by atomic mass is 10.1. The van der Waals surface area contributed by atoms with Crippen LogP contribution in [-0.4, -0.2) is 62.8 Å². The summed E-state index contributed by atoms with van der Waals surface area (Å²) in [6.45, 7) is 3.83. The van der Waals surface area contributed by atoms with E-state index in [9.17, 15) is 18.0 Å². The Bertz CT molecular complexity index is 1500. The van der Waals surface area contributed by atoms with Crippen LogP contribution in [0.4, 0.5) is 24.9 Å². The second-order valence-corrected chi connectivity index (χ2v) is 8.65. The summed E-state index contributed by atoms with van der Waals surface area (Å²) in [7, 11) is 0. The predicted molar refractivity (Wildman–Crippen MR) is 134 cm³/mol. The van der Waals surface area contributed by atoms with Gasteiger partial charge in [-0.25, -0.2) is 4.98 Å². The van der Waals surface area contributed by atoms with Gasteiger partial charge in [-0.1, -0.05) is 29.8 Å². The zero-order valence-electron chi connectivity index (χ0n) is 20.3. The normalized spacial score (nSPS) is 14.4. The van der Waals surface area contributed by atoms with Crippen LogP contribution < -0.4 is 10.3 Å². The minimum atomic E-state index is -4.58. The molecule has 0 spiro atoms. The van der Waals surface area contributed by atoms with Gasteiger partial charge in [0.25, 0.3) is 0 Å². The van der Waals surface area contributed by atoms with Gasteiger partial charge in [-0.2, -0.15) is 28.2 Å². The molecule has 3 aromatic heterocycles. The number of carbonyl (C=O) groups excluding carboxylic acids is 1. The fourth-order valence-corrected chi connectivity index (χ4v) is 3.94. The van der Waals surface area contributed by atoms with Gasteiger partial charge < -0.3 is 14.2 Å². The summed E-state index contributed by atoms with van der Waals surface area (Å²) in [6.07, 6.45) is -0.576. The molecule has 1 N–H and O–H groups in total. The third kappa shape index (κ3) is 5.62. The number of ether oxygens (including phenoxy) is 1. The summed E-state index contributed by atoms with van der Waals surface area (Å²) in [6, 6.07) is 9.35. The Balaban J connectivity index is 1.47. The highest BCUT2D eigenvalue weighted by atomic mass is 19.4. The highest BCUT2D eigenvalue weighted by Gasteiger charge is 2.31. The van der Waals surface area contributed by atoms with E-state index >= 15 is 0 Å². The van der Waals surface area contributed by atoms with Crippen LogP contribution in [0.1, 0.15) is 27.2 Å². The molecule has 196 valence electrons. The summed E-state index contributed by atoms with van der Waals surface area (Å²) in [5, 5.41) is 4.30. The van der Waals surface area contributed by atoms with E-state index in [2.05, 4.69) is 30.5 Å². The number of rotatable bonds is 7. The van der Waals surface area contributed by atoms with Gasteiger partial charge in [-0.05, 0) is 24.6 Å². The highest BCUT2D eigenvalue weighted by molar-refractivity contribution is 5.95. The first-order chi connectivity index (χ1) is 18.3. The van der Waals surface area contributed by atoms with E-state index in [1.165, 1.54) is 10.9 Å². The fraction of sp³-hybridized carbons (Fsp3) is 0.280. The average molecular weight is 525 g/mol. The number of hydrogen-bond donors (Lipinski definition) is 1. The molecule has 0 amide bonds. The Morgan fingerprint density at radius 3 is 2.74 bits per heavy atom. The van der Waals surface area contributed by atoms with E-state index in [4.69, 9.17) is 4.74 Å². The van der Waals surface area contributed by atoms with Crippen LogP contribution in [0, 0.1) is 6.92 Å². The molecule has 10 nitrogen and oxygen atoms in total. The monoisotopic (exact) mass is 524 g/mol. The van der Waals surface area contributed by atoms with E-state index in [-0.39, 0.29) is 12.2 Å². The van der Waals surface area contributed by atoms with Crippen molar-refractivity contribution in [2.45, 2.75) is 19.6 Å². The maximum Gasteiger partial charge on any atom is 0.416 e. The van der Waals surface area contributed by atoms with Gasteiger partial charge >= 0.3 is 6.18 Å². The maximum absolute atomic E-state index is 13.1. The minimum Gasteiger partial charge on any atom is -0.378 e. The number of nitrogens with zero attached hydrogens (tertiary/aromatic N) is 7. The van der Waals surface area contributed by atoms with Crippen LogP contribution in [0.15, 0.2) is 54.0 Å². The smallest absolute Gasteiger partial charge is 0.378 e. The number of halogens is 3.